The van der Waals surface area contributed by atoms with Crippen LogP contribution in [0.5, 0.6) is 0 Å². The molecule has 12 heavy (non-hydrogen) atoms. The van der Waals surface area contributed by atoms with Crippen molar-refractivity contribution < 1.29 is 13.2 Å². The van der Waals surface area contributed by atoms with Gasteiger partial charge < -0.3 is 5.73 Å². The van der Waals surface area contributed by atoms with E-state index < -0.39 is 11.9 Å². The van der Waals surface area contributed by atoms with Gasteiger partial charge in [-0.1, -0.05) is 11.6 Å². The van der Waals surface area contributed by atoms with Gasteiger partial charge in [0.25, 0.3) is 0 Å². The Balaban J connectivity index is 3.14. The van der Waals surface area contributed by atoms with Crippen LogP contribution < -0.4 is 5.73 Å². The standard InChI is InChI=1S/C5H3ClF3N3/c6-2-1-3(5(7,8)9)11-12-4(2)10/h1H,(H2,10,12). The van der Waals surface area contributed by atoms with E-state index in [4.69, 9.17) is 17.3 Å². The lowest BCUT2D eigenvalue weighted by atomic mass is 10.4. The summed E-state index contributed by atoms with van der Waals surface area (Å²) in [6.45, 7) is 0. The molecule has 0 radical (unpaired) electrons. The average Bonchev–Trinajstić information content (AvgIpc) is 1.92. The fourth-order valence-corrected chi connectivity index (χ4v) is 0.658. The minimum Gasteiger partial charge on any atom is -0.381 e. The zero-order valence-corrected chi connectivity index (χ0v) is 6.32. The van der Waals surface area contributed by atoms with Gasteiger partial charge in [0, 0.05) is 0 Å². The van der Waals surface area contributed by atoms with Crippen molar-refractivity contribution in [3.63, 3.8) is 0 Å². The second kappa shape index (κ2) is 2.78. The molecule has 0 aliphatic carbocycles. The molecule has 0 saturated heterocycles. The van der Waals surface area contributed by atoms with Crippen molar-refractivity contribution in [2.24, 2.45) is 0 Å². The predicted octanol–water partition coefficient (Wildman–Crippen LogP) is 1.73. The van der Waals surface area contributed by atoms with Crippen molar-refractivity contribution in [3.05, 3.63) is 16.8 Å². The van der Waals surface area contributed by atoms with E-state index in [0.29, 0.717) is 6.07 Å². The topological polar surface area (TPSA) is 51.8 Å². The summed E-state index contributed by atoms with van der Waals surface area (Å²) in [5.41, 5.74) is 3.91. The molecule has 1 heterocycles. The minimum absolute atomic E-state index is 0.218. The van der Waals surface area contributed by atoms with Crippen LogP contribution in [0, 0.1) is 0 Å². The van der Waals surface area contributed by atoms with Gasteiger partial charge in [-0.25, -0.2) is 0 Å². The number of anilines is 1. The van der Waals surface area contributed by atoms with E-state index in [1.165, 1.54) is 0 Å². The third-order valence-corrected chi connectivity index (χ3v) is 1.37. The number of aromatic nitrogens is 2. The van der Waals surface area contributed by atoms with Crippen molar-refractivity contribution in [1.29, 1.82) is 0 Å². The Morgan fingerprint density at radius 2 is 1.92 bits per heavy atom. The molecule has 0 aromatic carbocycles. The van der Waals surface area contributed by atoms with Gasteiger partial charge in [-0.15, -0.1) is 10.2 Å². The van der Waals surface area contributed by atoms with Gasteiger partial charge in [0.2, 0.25) is 0 Å². The summed E-state index contributed by atoms with van der Waals surface area (Å²) in [5, 5.41) is 5.59. The third-order valence-electron chi connectivity index (χ3n) is 1.06. The summed E-state index contributed by atoms with van der Waals surface area (Å²) < 4.78 is 35.7. The zero-order valence-electron chi connectivity index (χ0n) is 5.56. The molecule has 1 rings (SSSR count). The molecule has 0 aliphatic rings. The monoisotopic (exact) mass is 197 g/mol. The Bertz CT molecular complexity index is 298. The second-order valence-electron chi connectivity index (χ2n) is 1.96. The quantitative estimate of drug-likeness (QED) is 0.689. The molecule has 0 saturated carbocycles. The van der Waals surface area contributed by atoms with E-state index in [1.54, 1.807) is 0 Å². The number of alkyl halides is 3. The van der Waals surface area contributed by atoms with Crippen molar-refractivity contribution >= 4 is 17.4 Å². The first-order valence-corrected chi connectivity index (χ1v) is 3.15. The number of nitrogens with zero attached hydrogens (tertiary/aromatic N) is 2. The molecule has 0 amide bonds. The molecule has 1 aromatic rings. The highest BCUT2D eigenvalue weighted by molar-refractivity contribution is 6.32. The number of nitrogens with two attached hydrogens (primary N) is 1. The van der Waals surface area contributed by atoms with Gasteiger partial charge in [0.15, 0.2) is 11.5 Å². The molecular formula is C5H3ClF3N3. The van der Waals surface area contributed by atoms with Crippen LogP contribution in [-0.2, 0) is 6.18 Å². The average molecular weight is 198 g/mol. The van der Waals surface area contributed by atoms with E-state index >= 15 is 0 Å². The van der Waals surface area contributed by atoms with Crippen LogP contribution in [0.1, 0.15) is 5.69 Å². The Labute approximate surface area is 70.3 Å². The molecule has 66 valence electrons. The minimum atomic E-state index is -4.54. The molecule has 7 heteroatoms. The van der Waals surface area contributed by atoms with Crippen LogP contribution in [0.3, 0.4) is 0 Å². The Morgan fingerprint density at radius 1 is 1.33 bits per heavy atom. The summed E-state index contributed by atoms with van der Waals surface area (Å²) >= 11 is 5.29. The largest absolute Gasteiger partial charge is 0.435 e. The maximum absolute atomic E-state index is 11.9. The van der Waals surface area contributed by atoms with Crippen LogP contribution >= 0.6 is 11.6 Å². The molecule has 0 atom stereocenters. The number of hydrogen-bond acceptors (Lipinski definition) is 3. The molecular weight excluding hydrogens is 195 g/mol. The zero-order chi connectivity index (χ0) is 9.35. The number of nitrogen functional groups attached to an aromatic ring is 1. The first kappa shape index (κ1) is 9.05. The van der Waals surface area contributed by atoms with Gasteiger partial charge in [-0.05, 0) is 6.07 Å². The fourth-order valence-electron chi connectivity index (χ4n) is 0.517. The fraction of sp³-hybridized carbons (Fsp3) is 0.200. The van der Waals surface area contributed by atoms with Crippen molar-refractivity contribution in [3.8, 4) is 0 Å². The van der Waals surface area contributed by atoms with Crippen LogP contribution in [-0.4, -0.2) is 10.2 Å². The van der Waals surface area contributed by atoms with E-state index in [2.05, 4.69) is 10.2 Å². The molecule has 0 spiro atoms. The van der Waals surface area contributed by atoms with E-state index in [9.17, 15) is 13.2 Å². The van der Waals surface area contributed by atoms with Gasteiger partial charge in [-0.2, -0.15) is 13.2 Å². The molecule has 0 fully saturated rings. The maximum atomic E-state index is 11.9. The number of hydrogen-bond donors (Lipinski definition) is 1. The second-order valence-corrected chi connectivity index (χ2v) is 2.37. The van der Waals surface area contributed by atoms with Gasteiger partial charge in [0.1, 0.15) is 0 Å². The smallest absolute Gasteiger partial charge is 0.381 e. The van der Waals surface area contributed by atoms with Crippen molar-refractivity contribution in [2.45, 2.75) is 6.18 Å². The SMILES string of the molecule is Nc1nnc(C(F)(F)F)cc1Cl. The lowest BCUT2D eigenvalue weighted by Crippen LogP contribution is -2.10. The van der Waals surface area contributed by atoms with Crippen LogP contribution in [0.15, 0.2) is 6.07 Å². The molecule has 3 nitrogen and oxygen atoms in total. The highest BCUT2D eigenvalue weighted by atomic mass is 35.5. The van der Waals surface area contributed by atoms with E-state index in [-0.39, 0.29) is 10.8 Å². The molecule has 0 aliphatic heterocycles. The summed E-state index contributed by atoms with van der Waals surface area (Å²) in [6.07, 6.45) is -4.54. The Morgan fingerprint density at radius 3 is 2.33 bits per heavy atom. The van der Waals surface area contributed by atoms with Gasteiger partial charge >= 0.3 is 6.18 Å². The summed E-state index contributed by atoms with van der Waals surface area (Å²) in [6, 6.07) is 0.629. The first-order valence-electron chi connectivity index (χ1n) is 2.77. The molecule has 0 unspecified atom stereocenters. The molecule has 2 N–H and O–H groups in total. The lowest BCUT2D eigenvalue weighted by Gasteiger charge is -2.04. The molecule has 0 bridgehead atoms. The third kappa shape index (κ3) is 1.76. The summed E-state index contributed by atoms with van der Waals surface area (Å²) in [5.74, 6) is -0.218. The number of halogens is 4. The predicted molar refractivity (Wildman–Crippen MR) is 36.5 cm³/mol. The highest BCUT2D eigenvalue weighted by Gasteiger charge is 2.33. The lowest BCUT2D eigenvalue weighted by molar-refractivity contribution is -0.141. The normalized spacial score (nSPS) is 11.7. The Hall–Kier alpha value is -1.04. The van der Waals surface area contributed by atoms with Crippen LogP contribution in [0.25, 0.3) is 0 Å². The van der Waals surface area contributed by atoms with Crippen LogP contribution in [0.2, 0.25) is 5.02 Å². The van der Waals surface area contributed by atoms with Crippen molar-refractivity contribution in [1.82, 2.24) is 10.2 Å². The maximum Gasteiger partial charge on any atom is 0.435 e. The van der Waals surface area contributed by atoms with E-state index in [1.807, 2.05) is 0 Å². The van der Waals surface area contributed by atoms with Crippen LogP contribution in [0.4, 0.5) is 19.0 Å². The summed E-state index contributed by atoms with van der Waals surface area (Å²) in [7, 11) is 0. The van der Waals surface area contributed by atoms with E-state index in [0.717, 1.165) is 0 Å². The highest BCUT2D eigenvalue weighted by Crippen LogP contribution is 2.29. The number of rotatable bonds is 0. The first-order chi connectivity index (χ1) is 5.41. The van der Waals surface area contributed by atoms with Gasteiger partial charge in [-0.3, -0.25) is 0 Å². The van der Waals surface area contributed by atoms with Gasteiger partial charge in [0.05, 0.1) is 5.02 Å². The summed E-state index contributed by atoms with van der Waals surface area (Å²) in [4.78, 5) is 0. The van der Waals surface area contributed by atoms with Crippen molar-refractivity contribution in [2.75, 3.05) is 5.73 Å². The Kier molecular flexibility index (Phi) is 2.10. The molecule has 1 aromatic heterocycles.